The smallest absolute Gasteiger partial charge is 0.293 e. The van der Waals surface area contributed by atoms with Gasteiger partial charge in [-0.2, -0.15) is 0 Å². The molecule has 9 nitrogen and oxygen atoms in total. The summed E-state index contributed by atoms with van der Waals surface area (Å²) in [4.78, 5) is 44.8. The Morgan fingerprint density at radius 1 is 0.485 bits per heavy atom. The molecule has 0 saturated heterocycles. The van der Waals surface area contributed by atoms with Gasteiger partial charge in [0.2, 0.25) is 0 Å². The third-order valence-electron chi connectivity index (χ3n) is 13.3. The van der Waals surface area contributed by atoms with Gasteiger partial charge in [-0.05, 0) is 64.1 Å². The zero-order valence-corrected chi connectivity index (χ0v) is 45.1. The fourth-order valence-electron chi connectivity index (χ4n) is 9.05. The standard InChI is InChI=1S/C48H91N3O4.C7H16.CH4O.CH2O/c1-5-8-10-12-25-31-39-51(41-33-38-50-46-45(49-4)47(53)48(46)54)40-32-26-21-17-19-23-29-36-43(34-27-11-9-6-2)35-28-22-18-15-13-14-16-20-24-30-37-44(7-3)55-42-52;1-3-5-7-6-4-2;2*1-2/h42-44,49-50H,5-41H2,1-4H3;3-7H2,1-2H3;2H,1H3;1H2. The first-order chi connectivity index (χ1) is 32.4. The first-order valence-corrected chi connectivity index (χ1v) is 28.2. The van der Waals surface area contributed by atoms with Crippen LogP contribution < -0.4 is 21.5 Å². The van der Waals surface area contributed by atoms with Crippen LogP contribution in [-0.4, -0.2) is 69.7 Å². The molecule has 0 fully saturated rings. The van der Waals surface area contributed by atoms with Gasteiger partial charge in [0.05, 0.1) is 0 Å². The lowest BCUT2D eigenvalue weighted by atomic mass is 9.89. The molecule has 0 radical (unpaired) electrons. The minimum absolute atomic E-state index is 0.123. The van der Waals surface area contributed by atoms with E-state index in [1.807, 2.05) is 6.79 Å². The Balaban J connectivity index is -0.00000323. The number of hydrogen-bond donors (Lipinski definition) is 3. The van der Waals surface area contributed by atoms with Crippen molar-refractivity contribution in [3.8, 4) is 0 Å². The molecule has 2 atom stereocenters. The zero-order chi connectivity index (χ0) is 49.6. The molecule has 0 bridgehead atoms. The Labute approximate surface area is 409 Å². The van der Waals surface area contributed by atoms with Crippen molar-refractivity contribution in [2.24, 2.45) is 5.92 Å². The van der Waals surface area contributed by atoms with Crippen LogP contribution in [0, 0.1) is 5.92 Å². The molecular weight excluding hydrogens is 823 g/mol. The lowest BCUT2D eigenvalue weighted by Crippen LogP contribution is -2.37. The molecule has 1 rings (SSSR count). The molecule has 1 aromatic carbocycles. The number of nitrogens with zero attached hydrogens (tertiary/aromatic N) is 1. The molecule has 0 aliphatic heterocycles. The summed E-state index contributed by atoms with van der Waals surface area (Å²) < 4.78 is 5.12. The normalized spacial score (nSPS) is 11.8. The summed E-state index contributed by atoms with van der Waals surface area (Å²) in [6, 6.07) is 0. The van der Waals surface area contributed by atoms with Gasteiger partial charge in [0, 0.05) is 20.7 Å². The fourth-order valence-corrected chi connectivity index (χ4v) is 9.05. The second-order valence-corrected chi connectivity index (χ2v) is 19.0. The molecule has 3 N–H and O–H groups in total. The highest BCUT2D eigenvalue weighted by molar-refractivity contribution is 5.73. The number of unbranched alkanes of at least 4 members (excludes halogenated alkanes) is 27. The van der Waals surface area contributed by atoms with Gasteiger partial charge in [-0.3, -0.25) is 14.4 Å². The van der Waals surface area contributed by atoms with Crippen molar-refractivity contribution in [2.75, 3.05) is 51.0 Å². The largest absolute Gasteiger partial charge is 0.465 e. The summed E-state index contributed by atoms with van der Waals surface area (Å²) in [6.45, 7) is 17.9. The molecule has 0 saturated carbocycles. The van der Waals surface area contributed by atoms with E-state index in [1.165, 1.54) is 238 Å². The van der Waals surface area contributed by atoms with Gasteiger partial charge in [-0.15, -0.1) is 0 Å². The van der Waals surface area contributed by atoms with Gasteiger partial charge in [0.15, 0.2) is 0 Å². The van der Waals surface area contributed by atoms with Crippen molar-refractivity contribution in [3.05, 3.63) is 20.4 Å². The molecule has 2 unspecified atom stereocenters. The van der Waals surface area contributed by atoms with E-state index in [0.29, 0.717) is 17.8 Å². The number of rotatable bonds is 48. The van der Waals surface area contributed by atoms with Crippen LogP contribution in [0.4, 0.5) is 11.4 Å². The van der Waals surface area contributed by atoms with E-state index < -0.39 is 5.43 Å². The van der Waals surface area contributed by atoms with Crippen molar-refractivity contribution < 1.29 is 19.4 Å². The number of nitrogens with one attached hydrogen (secondary N) is 2. The van der Waals surface area contributed by atoms with Crippen LogP contribution in [0.1, 0.15) is 279 Å². The third kappa shape index (κ3) is 43.0. The lowest BCUT2D eigenvalue weighted by molar-refractivity contribution is -0.134. The Hall–Kier alpha value is -2.26. The summed E-state index contributed by atoms with van der Waals surface area (Å²) in [5, 5.41) is 13.1. The lowest BCUT2D eigenvalue weighted by Gasteiger charge is -2.23. The molecule has 0 amide bonds. The number of ether oxygens (including phenoxy) is 1. The monoisotopic (exact) mass is 936 g/mol. The summed E-state index contributed by atoms with van der Waals surface area (Å²) in [6.07, 6.45) is 51.2. The number of carbonyl (C=O) groups excluding carboxylic acids is 2. The number of carbonyl (C=O) groups is 2. The molecule has 9 heteroatoms. The van der Waals surface area contributed by atoms with Crippen LogP contribution in [0.5, 0.6) is 0 Å². The Bertz CT molecular complexity index is 1150. The van der Waals surface area contributed by atoms with Crippen molar-refractivity contribution >= 4 is 24.6 Å². The van der Waals surface area contributed by atoms with Gasteiger partial charge in [-0.25, -0.2) is 0 Å². The van der Waals surface area contributed by atoms with Crippen LogP contribution in [0.2, 0.25) is 0 Å². The number of anilines is 2. The van der Waals surface area contributed by atoms with Gasteiger partial charge in [0.1, 0.15) is 24.3 Å². The molecule has 66 heavy (non-hydrogen) atoms. The summed E-state index contributed by atoms with van der Waals surface area (Å²) in [5.74, 6) is 0.952. The molecule has 0 aliphatic carbocycles. The second kappa shape index (κ2) is 57.1. The average Bonchev–Trinajstić information content (AvgIpc) is 3.34. The van der Waals surface area contributed by atoms with Crippen molar-refractivity contribution in [3.63, 3.8) is 0 Å². The minimum Gasteiger partial charge on any atom is -0.465 e. The van der Waals surface area contributed by atoms with Crippen LogP contribution in [0.15, 0.2) is 9.59 Å². The van der Waals surface area contributed by atoms with E-state index in [1.54, 1.807) is 7.05 Å². The predicted octanol–water partition coefficient (Wildman–Crippen LogP) is 15.5. The maximum Gasteiger partial charge on any atom is 0.293 e. The van der Waals surface area contributed by atoms with E-state index >= 15 is 0 Å². The van der Waals surface area contributed by atoms with Gasteiger partial charge >= 0.3 is 0 Å². The highest BCUT2D eigenvalue weighted by Gasteiger charge is 2.19. The second-order valence-electron chi connectivity index (χ2n) is 19.0. The molecule has 0 heterocycles. The number of aliphatic hydroxyl groups excluding tert-OH is 1. The van der Waals surface area contributed by atoms with Crippen molar-refractivity contribution in [1.82, 2.24) is 4.90 Å². The average molecular weight is 937 g/mol. The Morgan fingerprint density at radius 2 is 0.803 bits per heavy atom. The highest BCUT2D eigenvalue weighted by Crippen LogP contribution is 2.25. The van der Waals surface area contributed by atoms with Crippen LogP contribution in [-0.2, 0) is 14.3 Å². The molecule has 0 spiro atoms. The van der Waals surface area contributed by atoms with Gasteiger partial charge in [-0.1, -0.05) is 240 Å². The van der Waals surface area contributed by atoms with Gasteiger partial charge < -0.3 is 30.2 Å². The van der Waals surface area contributed by atoms with Crippen molar-refractivity contribution in [1.29, 1.82) is 0 Å². The molecule has 1 aromatic rings. The van der Waals surface area contributed by atoms with Crippen LogP contribution in [0.3, 0.4) is 0 Å². The molecule has 0 aliphatic rings. The summed E-state index contributed by atoms with van der Waals surface area (Å²) in [5.41, 5.74) is 0.130. The predicted molar refractivity (Wildman–Crippen MR) is 289 cm³/mol. The van der Waals surface area contributed by atoms with E-state index in [2.05, 4.69) is 50.2 Å². The quantitative estimate of drug-likeness (QED) is 0.0333. The zero-order valence-electron chi connectivity index (χ0n) is 45.1. The summed E-state index contributed by atoms with van der Waals surface area (Å²) in [7, 11) is 2.70. The molecular formula is C57H113N3O6. The maximum atomic E-state index is 11.9. The first kappa shape index (κ1) is 68.0. The van der Waals surface area contributed by atoms with Gasteiger partial charge in [0.25, 0.3) is 17.3 Å². The van der Waals surface area contributed by atoms with Crippen molar-refractivity contribution in [2.45, 2.75) is 285 Å². The molecule has 392 valence electrons. The fraction of sp³-hybridized carbons (Fsp3) is 0.895. The number of hydrogen-bond acceptors (Lipinski definition) is 9. The van der Waals surface area contributed by atoms with Crippen LogP contribution >= 0.6 is 0 Å². The Kier molecular flexibility index (Phi) is 58.8. The highest BCUT2D eigenvalue weighted by atomic mass is 16.5. The first-order valence-electron chi connectivity index (χ1n) is 28.2. The Morgan fingerprint density at radius 3 is 1.18 bits per heavy atom. The summed E-state index contributed by atoms with van der Waals surface area (Å²) >= 11 is 0. The van der Waals surface area contributed by atoms with E-state index in [-0.39, 0.29) is 11.5 Å². The minimum atomic E-state index is -0.398. The van der Waals surface area contributed by atoms with Crippen LogP contribution in [0.25, 0.3) is 0 Å². The third-order valence-corrected chi connectivity index (χ3v) is 13.3. The topological polar surface area (TPSA) is 125 Å². The van der Waals surface area contributed by atoms with E-state index in [9.17, 15) is 14.4 Å². The maximum absolute atomic E-state index is 11.9. The van der Waals surface area contributed by atoms with E-state index in [4.69, 9.17) is 14.6 Å². The molecule has 0 aromatic heterocycles. The number of aliphatic hydroxyl groups is 1. The van der Waals surface area contributed by atoms with E-state index in [0.717, 1.165) is 45.4 Å². The SMILES string of the molecule is C=O.CCCCCCC.CCCCCCCCN(CCCCCCCCCC(CCCCCC)CCCCCCCCCCCCC(CC)OC=O)CCCNc1c(NC)c(=O)c1=O.CO.